The van der Waals surface area contributed by atoms with E-state index < -0.39 is 0 Å². The van der Waals surface area contributed by atoms with Crippen LogP contribution in [0.2, 0.25) is 0 Å². The van der Waals surface area contributed by atoms with Crippen LogP contribution in [-0.2, 0) is 0 Å². The quantitative estimate of drug-likeness (QED) is 0.638. The highest BCUT2D eigenvalue weighted by Crippen LogP contribution is 2.30. The lowest BCUT2D eigenvalue weighted by atomic mass is 10.0. The Morgan fingerprint density at radius 3 is 2.38 bits per heavy atom. The van der Waals surface area contributed by atoms with Gasteiger partial charge in [0.05, 0.1) is 0 Å². The van der Waals surface area contributed by atoms with Crippen molar-refractivity contribution in [3.05, 3.63) is 12.7 Å². The maximum absolute atomic E-state index is 3.87. The molecule has 2 atom stereocenters. The molecule has 16 heavy (non-hydrogen) atoms. The Morgan fingerprint density at radius 2 is 1.94 bits per heavy atom. The average Bonchev–Trinajstić information content (AvgIpc) is 3.05. The SMILES string of the molecule is C=CCN(C1CC1)C(C)C(C)CNC(C)C. The van der Waals surface area contributed by atoms with Gasteiger partial charge >= 0.3 is 0 Å². The fourth-order valence-corrected chi connectivity index (χ4v) is 2.12. The van der Waals surface area contributed by atoms with Crippen LogP contribution in [0.4, 0.5) is 0 Å². The van der Waals surface area contributed by atoms with Gasteiger partial charge in [0.1, 0.15) is 0 Å². The summed E-state index contributed by atoms with van der Waals surface area (Å²) in [5.41, 5.74) is 0. The first kappa shape index (κ1) is 13.7. The lowest BCUT2D eigenvalue weighted by molar-refractivity contribution is 0.166. The molecule has 0 bridgehead atoms. The lowest BCUT2D eigenvalue weighted by Crippen LogP contribution is -2.43. The smallest absolute Gasteiger partial charge is 0.0166 e. The van der Waals surface area contributed by atoms with Crippen molar-refractivity contribution >= 4 is 0 Å². The Hall–Kier alpha value is -0.340. The maximum Gasteiger partial charge on any atom is 0.0166 e. The summed E-state index contributed by atoms with van der Waals surface area (Å²) in [6.07, 6.45) is 4.79. The van der Waals surface area contributed by atoms with Crippen LogP contribution in [0.3, 0.4) is 0 Å². The Bertz CT molecular complexity index is 209. The molecule has 2 nitrogen and oxygen atoms in total. The minimum Gasteiger partial charge on any atom is -0.314 e. The van der Waals surface area contributed by atoms with Gasteiger partial charge in [-0.3, -0.25) is 4.90 Å². The van der Waals surface area contributed by atoms with Crippen molar-refractivity contribution in [2.45, 2.75) is 58.7 Å². The molecule has 0 aromatic rings. The van der Waals surface area contributed by atoms with E-state index >= 15 is 0 Å². The van der Waals surface area contributed by atoms with Crippen molar-refractivity contribution in [1.29, 1.82) is 0 Å². The van der Waals surface area contributed by atoms with Crippen LogP contribution < -0.4 is 5.32 Å². The molecule has 0 saturated heterocycles. The van der Waals surface area contributed by atoms with Crippen molar-refractivity contribution in [3.63, 3.8) is 0 Å². The molecule has 1 fully saturated rings. The van der Waals surface area contributed by atoms with Gasteiger partial charge in [0, 0.05) is 24.7 Å². The molecule has 0 heterocycles. The van der Waals surface area contributed by atoms with Gasteiger partial charge < -0.3 is 5.32 Å². The summed E-state index contributed by atoms with van der Waals surface area (Å²) in [7, 11) is 0. The lowest BCUT2D eigenvalue weighted by Gasteiger charge is -2.33. The molecule has 1 aliphatic rings. The van der Waals surface area contributed by atoms with E-state index in [1.807, 2.05) is 6.08 Å². The Labute approximate surface area is 101 Å². The van der Waals surface area contributed by atoms with Crippen LogP contribution in [0.25, 0.3) is 0 Å². The standard InChI is InChI=1S/C14H28N2/c1-6-9-16(14-7-8-14)13(5)12(4)10-15-11(2)3/h6,11-15H,1,7-10H2,2-5H3. The molecule has 1 aliphatic carbocycles. The molecule has 0 radical (unpaired) electrons. The van der Waals surface area contributed by atoms with Crippen molar-refractivity contribution in [2.24, 2.45) is 5.92 Å². The minimum atomic E-state index is 0.587. The van der Waals surface area contributed by atoms with Crippen molar-refractivity contribution in [3.8, 4) is 0 Å². The first-order valence-electron chi connectivity index (χ1n) is 6.66. The van der Waals surface area contributed by atoms with Gasteiger partial charge in [-0.25, -0.2) is 0 Å². The highest BCUT2D eigenvalue weighted by atomic mass is 15.2. The second-order valence-electron chi connectivity index (χ2n) is 5.50. The van der Waals surface area contributed by atoms with E-state index in [1.54, 1.807) is 0 Å². The van der Waals surface area contributed by atoms with Crippen LogP contribution in [0.5, 0.6) is 0 Å². The predicted molar refractivity (Wildman–Crippen MR) is 71.7 cm³/mol. The number of hydrogen-bond donors (Lipinski definition) is 1. The van der Waals surface area contributed by atoms with Gasteiger partial charge in [-0.2, -0.15) is 0 Å². The summed E-state index contributed by atoms with van der Waals surface area (Å²) >= 11 is 0. The zero-order valence-electron chi connectivity index (χ0n) is 11.4. The highest BCUT2D eigenvalue weighted by Gasteiger charge is 2.33. The largest absolute Gasteiger partial charge is 0.314 e. The third-order valence-corrected chi connectivity index (χ3v) is 3.55. The summed E-state index contributed by atoms with van der Waals surface area (Å²) in [6, 6.07) is 2.06. The molecule has 2 unspecified atom stereocenters. The minimum absolute atomic E-state index is 0.587. The van der Waals surface area contributed by atoms with E-state index in [4.69, 9.17) is 0 Å². The Kier molecular flexibility index (Phi) is 5.50. The zero-order valence-corrected chi connectivity index (χ0v) is 11.4. The second-order valence-corrected chi connectivity index (χ2v) is 5.50. The van der Waals surface area contributed by atoms with Gasteiger partial charge in [-0.1, -0.05) is 26.8 Å². The average molecular weight is 224 g/mol. The van der Waals surface area contributed by atoms with E-state index in [0.717, 1.165) is 19.1 Å². The van der Waals surface area contributed by atoms with Gasteiger partial charge in [-0.15, -0.1) is 6.58 Å². The topological polar surface area (TPSA) is 15.3 Å². The fraction of sp³-hybridized carbons (Fsp3) is 0.857. The molecule has 0 amide bonds. The monoisotopic (exact) mass is 224 g/mol. The molecular weight excluding hydrogens is 196 g/mol. The number of hydrogen-bond acceptors (Lipinski definition) is 2. The van der Waals surface area contributed by atoms with Crippen LogP contribution in [0.1, 0.15) is 40.5 Å². The van der Waals surface area contributed by atoms with Gasteiger partial charge in [-0.05, 0) is 32.2 Å². The molecule has 0 aromatic carbocycles. The molecule has 0 spiro atoms. The molecular formula is C14H28N2. The zero-order chi connectivity index (χ0) is 12.1. The van der Waals surface area contributed by atoms with E-state index in [2.05, 4.69) is 44.5 Å². The number of nitrogens with zero attached hydrogens (tertiary/aromatic N) is 1. The summed E-state index contributed by atoms with van der Waals surface area (Å²) in [6.45, 7) is 15.1. The van der Waals surface area contributed by atoms with E-state index in [1.165, 1.54) is 12.8 Å². The molecule has 0 aliphatic heterocycles. The highest BCUT2D eigenvalue weighted by molar-refractivity contribution is 4.92. The molecule has 1 N–H and O–H groups in total. The number of nitrogens with one attached hydrogen (secondary N) is 1. The molecule has 2 heteroatoms. The van der Waals surface area contributed by atoms with Gasteiger partial charge in [0.25, 0.3) is 0 Å². The van der Waals surface area contributed by atoms with Crippen molar-refractivity contribution in [1.82, 2.24) is 10.2 Å². The van der Waals surface area contributed by atoms with Crippen LogP contribution in [-0.4, -0.2) is 36.1 Å². The first-order chi connectivity index (χ1) is 7.56. The van der Waals surface area contributed by atoms with Gasteiger partial charge in [0.2, 0.25) is 0 Å². The van der Waals surface area contributed by atoms with E-state index in [-0.39, 0.29) is 0 Å². The van der Waals surface area contributed by atoms with E-state index in [9.17, 15) is 0 Å². The summed E-state index contributed by atoms with van der Waals surface area (Å²) < 4.78 is 0. The Morgan fingerprint density at radius 1 is 1.31 bits per heavy atom. The molecule has 1 saturated carbocycles. The third kappa shape index (κ3) is 4.26. The van der Waals surface area contributed by atoms with E-state index in [0.29, 0.717) is 18.0 Å². The molecule has 94 valence electrons. The summed E-state index contributed by atoms with van der Waals surface area (Å²) in [5.74, 6) is 0.697. The second kappa shape index (κ2) is 6.41. The van der Waals surface area contributed by atoms with Crippen LogP contribution >= 0.6 is 0 Å². The van der Waals surface area contributed by atoms with Crippen LogP contribution in [0, 0.1) is 5.92 Å². The third-order valence-electron chi connectivity index (χ3n) is 3.55. The fourth-order valence-electron chi connectivity index (χ4n) is 2.12. The van der Waals surface area contributed by atoms with Crippen molar-refractivity contribution < 1.29 is 0 Å². The summed E-state index contributed by atoms with van der Waals surface area (Å²) in [4.78, 5) is 2.61. The normalized spacial score (nSPS) is 20.1. The Balaban J connectivity index is 2.39. The first-order valence-corrected chi connectivity index (χ1v) is 6.66. The molecule has 1 rings (SSSR count). The van der Waals surface area contributed by atoms with Crippen molar-refractivity contribution in [2.75, 3.05) is 13.1 Å². The van der Waals surface area contributed by atoms with Gasteiger partial charge in [0.15, 0.2) is 0 Å². The van der Waals surface area contributed by atoms with Crippen LogP contribution in [0.15, 0.2) is 12.7 Å². The molecule has 0 aromatic heterocycles. The summed E-state index contributed by atoms with van der Waals surface area (Å²) in [5, 5.41) is 3.53. The maximum atomic E-state index is 3.87. The predicted octanol–water partition coefficient (Wildman–Crippen LogP) is 2.66. The number of rotatable bonds is 8.